The zero-order valence-electron chi connectivity index (χ0n) is 15.5. The van der Waals surface area contributed by atoms with Crippen molar-refractivity contribution in [3.8, 4) is 16.3 Å². The smallest absolute Gasteiger partial charge is 0.138 e. The second-order valence-electron chi connectivity index (χ2n) is 6.35. The lowest BCUT2D eigenvalue weighted by Crippen LogP contribution is -1.97. The zero-order chi connectivity index (χ0) is 19.5. The first-order chi connectivity index (χ1) is 13.6. The Balaban J connectivity index is 1.38. The fourth-order valence-electron chi connectivity index (χ4n) is 2.77. The summed E-state index contributed by atoms with van der Waals surface area (Å²) in [6.45, 7) is 4.54. The minimum Gasteiger partial charge on any atom is -0.487 e. The third-order valence-electron chi connectivity index (χ3n) is 4.14. The molecule has 3 heterocycles. The third-order valence-corrected chi connectivity index (χ3v) is 6.33. The van der Waals surface area contributed by atoms with E-state index in [-0.39, 0.29) is 0 Å². The van der Waals surface area contributed by atoms with Gasteiger partial charge in [0.1, 0.15) is 12.4 Å². The van der Waals surface area contributed by atoms with E-state index in [2.05, 4.69) is 15.3 Å². The molecule has 4 rings (SSSR count). The first kappa shape index (κ1) is 19.1. The number of aryl methyl sites for hydroxylation is 2. The van der Waals surface area contributed by atoms with Gasteiger partial charge in [-0.2, -0.15) is 0 Å². The Labute approximate surface area is 176 Å². The Morgan fingerprint density at radius 1 is 1.04 bits per heavy atom. The molecule has 0 atom stereocenters. The predicted molar refractivity (Wildman–Crippen MR) is 116 cm³/mol. The molecule has 0 aliphatic rings. The topological polar surface area (TPSA) is 47.9 Å². The van der Waals surface area contributed by atoms with E-state index in [1.807, 2.05) is 50.2 Å². The van der Waals surface area contributed by atoms with Crippen LogP contribution in [-0.2, 0) is 13.0 Å². The molecule has 4 aromatic rings. The fraction of sp³-hybridized carbons (Fsp3) is 0.190. The minimum atomic E-state index is 0.488. The average Bonchev–Trinajstić information content (AvgIpc) is 3.28. The average molecular weight is 428 g/mol. The van der Waals surface area contributed by atoms with Gasteiger partial charge in [0, 0.05) is 22.5 Å². The molecule has 0 saturated carbocycles. The standard InChI is InChI=1S/C21H18ClN3OS2/c1-13-21(28-14(2)24-13)19-12-27-20(25-19)9-17-7-8-18(10-23-17)26-11-15-3-5-16(22)6-4-15/h3-8,10,12H,9,11H2,1-2H3. The second-order valence-corrected chi connectivity index (χ2v) is 8.93. The van der Waals surface area contributed by atoms with Gasteiger partial charge in [0.15, 0.2) is 0 Å². The van der Waals surface area contributed by atoms with Crippen LogP contribution in [0.3, 0.4) is 0 Å². The van der Waals surface area contributed by atoms with E-state index in [1.54, 1.807) is 28.9 Å². The van der Waals surface area contributed by atoms with Crippen LogP contribution in [0.1, 0.15) is 27.0 Å². The van der Waals surface area contributed by atoms with Crippen LogP contribution in [-0.4, -0.2) is 15.0 Å². The molecule has 3 aromatic heterocycles. The van der Waals surface area contributed by atoms with Gasteiger partial charge in [-0.1, -0.05) is 23.7 Å². The molecule has 0 unspecified atom stereocenters. The van der Waals surface area contributed by atoms with Crippen molar-refractivity contribution in [2.45, 2.75) is 26.9 Å². The van der Waals surface area contributed by atoms with Gasteiger partial charge in [0.2, 0.25) is 0 Å². The molecule has 0 N–H and O–H groups in total. The van der Waals surface area contributed by atoms with Gasteiger partial charge in [-0.25, -0.2) is 9.97 Å². The van der Waals surface area contributed by atoms with E-state index < -0.39 is 0 Å². The molecule has 0 fully saturated rings. The largest absolute Gasteiger partial charge is 0.487 e. The van der Waals surface area contributed by atoms with Crippen LogP contribution in [0.25, 0.3) is 10.6 Å². The first-order valence-electron chi connectivity index (χ1n) is 8.78. The number of halogens is 1. The Morgan fingerprint density at radius 2 is 1.86 bits per heavy atom. The molecular weight excluding hydrogens is 410 g/mol. The molecule has 28 heavy (non-hydrogen) atoms. The number of nitrogens with zero attached hydrogens (tertiary/aromatic N) is 3. The molecule has 142 valence electrons. The summed E-state index contributed by atoms with van der Waals surface area (Å²) in [7, 11) is 0. The molecule has 1 aromatic carbocycles. The Morgan fingerprint density at radius 3 is 2.54 bits per heavy atom. The monoisotopic (exact) mass is 427 g/mol. The normalized spacial score (nSPS) is 11.0. The van der Waals surface area contributed by atoms with Crippen LogP contribution in [0.15, 0.2) is 48.0 Å². The second kappa shape index (κ2) is 8.39. The van der Waals surface area contributed by atoms with Crippen molar-refractivity contribution >= 4 is 34.3 Å². The van der Waals surface area contributed by atoms with Gasteiger partial charge in [-0.3, -0.25) is 4.98 Å². The van der Waals surface area contributed by atoms with E-state index in [0.29, 0.717) is 13.0 Å². The van der Waals surface area contributed by atoms with Crippen LogP contribution < -0.4 is 4.74 Å². The van der Waals surface area contributed by atoms with E-state index in [1.165, 1.54) is 0 Å². The van der Waals surface area contributed by atoms with Gasteiger partial charge < -0.3 is 4.74 Å². The fourth-order valence-corrected chi connectivity index (χ4v) is 4.65. The van der Waals surface area contributed by atoms with Crippen molar-refractivity contribution < 1.29 is 4.74 Å². The van der Waals surface area contributed by atoms with Crippen LogP contribution in [0, 0.1) is 13.8 Å². The van der Waals surface area contributed by atoms with E-state index >= 15 is 0 Å². The molecule has 7 heteroatoms. The third kappa shape index (κ3) is 4.58. The maximum atomic E-state index is 5.90. The Bertz CT molecular complexity index is 1070. The van der Waals surface area contributed by atoms with Crippen molar-refractivity contribution in [1.82, 2.24) is 15.0 Å². The summed E-state index contributed by atoms with van der Waals surface area (Å²) in [6, 6.07) is 11.6. The summed E-state index contributed by atoms with van der Waals surface area (Å²) >= 11 is 9.24. The maximum absolute atomic E-state index is 5.90. The Hall–Kier alpha value is -2.28. The number of benzene rings is 1. The molecule has 0 radical (unpaired) electrons. The van der Waals surface area contributed by atoms with Gasteiger partial charge in [0.05, 0.1) is 32.5 Å². The van der Waals surface area contributed by atoms with Crippen molar-refractivity contribution in [2.24, 2.45) is 0 Å². The summed E-state index contributed by atoms with van der Waals surface area (Å²) in [5.41, 5.74) is 4.08. The van der Waals surface area contributed by atoms with Gasteiger partial charge >= 0.3 is 0 Å². The molecule has 4 nitrogen and oxygen atoms in total. The van der Waals surface area contributed by atoms with Crippen molar-refractivity contribution in [2.75, 3.05) is 0 Å². The van der Waals surface area contributed by atoms with Crippen LogP contribution in [0.5, 0.6) is 5.75 Å². The highest BCUT2D eigenvalue weighted by molar-refractivity contribution is 7.15. The van der Waals surface area contributed by atoms with Crippen molar-refractivity contribution in [3.05, 3.63) is 80.0 Å². The van der Waals surface area contributed by atoms with Crippen molar-refractivity contribution in [3.63, 3.8) is 0 Å². The minimum absolute atomic E-state index is 0.488. The van der Waals surface area contributed by atoms with Crippen LogP contribution in [0.2, 0.25) is 5.02 Å². The molecule has 0 spiro atoms. The predicted octanol–water partition coefficient (Wildman–Crippen LogP) is 6.10. The van der Waals surface area contributed by atoms with Crippen LogP contribution in [0.4, 0.5) is 0 Å². The number of aromatic nitrogens is 3. The van der Waals surface area contributed by atoms with E-state index in [9.17, 15) is 0 Å². The summed E-state index contributed by atoms with van der Waals surface area (Å²) in [6.07, 6.45) is 2.47. The van der Waals surface area contributed by atoms with Crippen molar-refractivity contribution in [1.29, 1.82) is 0 Å². The number of hydrogen-bond acceptors (Lipinski definition) is 6. The molecule has 0 aliphatic carbocycles. The Kier molecular flexibility index (Phi) is 5.71. The lowest BCUT2D eigenvalue weighted by molar-refractivity contribution is 0.305. The maximum Gasteiger partial charge on any atom is 0.138 e. The summed E-state index contributed by atoms with van der Waals surface area (Å²) in [4.78, 5) is 14.9. The molecule has 0 saturated heterocycles. The van der Waals surface area contributed by atoms with Gasteiger partial charge in [0.25, 0.3) is 0 Å². The number of thiazole rings is 2. The lowest BCUT2D eigenvalue weighted by atomic mass is 10.2. The number of pyridine rings is 1. The summed E-state index contributed by atoms with van der Waals surface area (Å²) < 4.78 is 5.79. The highest BCUT2D eigenvalue weighted by atomic mass is 35.5. The first-order valence-corrected chi connectivity index (χ1v) is 10.9. The van der Waals surface area contributed by atoms with Gasteiger partial charge in [-0.15, -0.1) is 22.7 Å². The highest BCUT2D eigenvalue weighted by Gasteiger charge is 2.12. The molecule has 0 amide bonds. The van der Waals surface area contributed by atoms with Gasteiger partial charge in [-0.05, 0) is 43.7 Å². The number of ether oxygens (including phenoxy) is 1. The summed E-state index contributed by atoms with van der Waals surface area (Å²) in [5.74, 6) is 0.745. The summed E-state index contributed by atoms with van der Waals surface area (Å²) in [5, 5.41) is 4.93. The molecule has 0 aliphatic heterocycles. The zero-order valence-corrected chi connectivity index (χ0v) is 17.9. The lowest BCUT2D eigenvalue weighted by Gasteiger charge is -2.06. The van der Waals surface area contributed by atoms with E-state index in [4.69, 9.17) is 21.3 Å². The SMILES string of the molecule is Cc1nc(C)c(-c2csc(Cc3ccc(OCc4ccc(Cl)cc4)cn3)n2)s1. The molecular formula is C21H18ClN3OS2. The molecule has 0 bridgehead atoms. The highest BCUT2D eigenvalue weighted by Crippen LogP contribution is 2.31. The quantitative estimate of drug-likeness (QED) is 0.373. The van der Waals surface area contributed by atoms with Crippen LogP contribution >= 0.6 is 34.3 Å². The van der Waals surface area contributed by atoms with E-state index in [0.717, 1.165) is 48.3 Å². The number of hydrogen-bond donors (Lipinski definition) is 0. The number of rotatable bonds is 6.